The summed E-state index contributed by atoms with van der Waals surface area (Å²) in [5, 5.41) is 0. The topological polar surface area (TPSA) is 55.4 Å². The molecule has 0 radical (unpaired) electrons. The van der Waals surface area contributed by atoms with Gasteiger partial charge < -0.3 is 4.74 Å². The molecule has 0 spiro atoms. The Labute approximate surface area is 113 Å². The highest BCUT2D eigenvalue weighted by atomic mass is 32.2. The highest BCUT2D eigenvalue weighted by molar-refractivity contribution is 7.84. The van der Waals surface area contributed by atoms with Crippen molar-refractivity contribution >= 4 is 17.0 Å². The van der Waals surface area contributed by atoms with Gasteiger partial charge in [0, 0.05) is 0 Å². The van der Waals surface area contributed by atoms with Gasteiger partial charge in [-0.15, -0.1) is 0 Å². The maximum absolute atomic E-state index is 13.0. The van der Waals surface area contributed by atoms with Gasteiger partial charge in [0.1, 0.15) is 6.04 Å². The van der Waals surface area contributed by atoms with E-state index in [0.29, 0.717) is 0 Å². The number of rotatable bonds is 5. The van der Waals surface area contributed by atoms with E-state index in [1.165, 1.54) is 6.92 Å². The molecule has 1 N–H and O–H groups in total. The minimum absolute atomic E-state index is 0.0643. The van der Waals surface area contributed by atoms with Crippen molar-refractivity contribution < 1.29 is 26.9 Å². The van der Waals surface area contributed by atoms with E-state index in [2.05, 4.69) is 4.74 Å². The summed E-state index contributed by atoms with van der Waals surface area (Å²) in [5.41, 5.74) is 0. The van der Waals surface area contributed by atoms with E-state index in [4.69, 9.17) is 0 Å². The van der Waals surface area contributed by atoms with E-state index in [1.54, 1.807) is 20.8 Å². The summed E-state index contributed by atoms with van der Waals surface area (Å²) < 4.78 is 56.3. The van der Waals surface area contributed by atoms with Crippen molar-refractivity contribution in [3.8, 4) is 0 Å². The third-order valence-corrected chi connectivity index (χ3v) is 4.07. The molecule has 0 unspecified atom stereocenters. The minimum atomic E-state index is -4.68. The molecule has 0 aliphatic rings. The minimum Gasteiger partial charge on any atom is -0.469 e. The maximum Gasteiger partial charge on any atom is 0.405 e. The Bertz CT molecular complexity index is 339. The molecule has 8 heteroatoms. The molecule has 0 saturated carbocycles. The molecule has 0 aromatic carbocycles. The molecule has 0 aromatic rings. The zero-order chi connectivity index (χ0) is 15.4. The molecule has 0 saturated heterocycles. The van der Waals surface area contributed by atoms with Crippen LogP contribution in [0.1, 0.15) is 34.1 Å². The maximum atomic E-state index is 13.0. The van der Waals surface area contributed by atoms with Crippen molar-refractivity contribution in [3.63, 3.8) is 0 Å². The zero-order valence-corrected chi connectivity index (χ0v) is 12.4. The second-order valence-electron chi connectivity index (χ2n) is 5.06. The summed E-state index contributed by atoms with van der Waals surface area (Å²) in [6, 6.07) is -2.19. The van der Waals surface area contributed by atoms with Crippen molar-refractivity contribution in [1.29, 1.82) is 0 Å². The zero-order valence-electron chi connectivity index (χ0n) is 11.6. The van der Waals surface area contributed by atoms with Gasteiger partial charge in [-0.2, -0.15) is 13.2 Å². The number of carbonyl (C=O) groups is 1. The SMILES string of the molecule is CC[C@H](C(=O)OC)[C@H](N[S@@](=O)C(C)(C)C)C(F)(F)F. The number of esters is 1. The van der Waals surface area contributed by atoms with Crippen LogP contribution in [0.25, 0.3) is 0 Å². The first-order valence-electron chi connectivity index (χ1n) is 5.77. The van der Waals surface area contributed by atoms with Crippen LogP contribution in [-0.2, 0) is 20.5 Å². The summed E-state index contributed by atoms with van der Waals surface area (Å²) in [7, 11) is -0.905. The average Bonchev–Trinajstić information content (AvgIpc) is 2.25. The molecule has 4 nitrogen and oxygen atoms in total. The number of hydrogen-bond acceptors (Lipinski definition) is 3. The monoisotopic (exact) mass is 303 g/mol. The first-order chi connectivity index (χ1) is 8.45. The predicted molar refractivity (Wildman–Crippen MR) is 66.7 cm³/mol. The molecule has 114 valence electrons. The molecular weight excluding hydrogens is 283 g/mol. The summed E-state index contributed by atoms with van der Waals surface area (Å²) in [4.78, 5) is 11.4. The fraction of sp³-hybridized carbons (Fsp3) is 0.909. The van der Waals surface area contributed by atoms with E-state index in [0.717, 1.165) is 7.11 Å². The summed E-state index contributed by atoms with van der Waals surface area (Å²) in [6.07, 6.45) is -4.75. The van der Waals surface area contributed by atoms with Gasteiger partial charge in [0.15, 0.2) is 0 Å². The second kappa shape index (κ2) is 6.69. The van der Waals surface area contributed by atoms with Gasteiger partial charge >= 0.3 is 12.1 Å². The molecule has 0 aliphatic carbocycles. The van der Waals surface area contributed by atoms with Crippen LogP contribution in [-0.4, -0.2) is 34.3 Å². The number of halogens is 3. The molecule has 19 heavy (non-hydrogen) atoms. The molecule has 0 aliphatic heterocycles. The van der Waals surface area contributed by atoms with Crippen LogP contribution in [0.2, 0.25) is 0 Å². The van der Waals surface area contributed by atoms with Gasteiger partial charge in [-0.25, -0.2) is 8.93 Å². The van der Waals surface area contributed by atoms with E-state index in [9.17, 15) is 22.2 Å². The summed E-state index contributed by atoms with van der Waals surface area (Å²) >= 11 is 0. The van der Waals surface area contributed by atoms with Crippen LogP contribution in [0.4, 0.5) is 13.2 Å². The van der Waals surface area contributed by atoms with E-state index < -0.39 is 39.8 Å². The lowest BCUT2D eigenvalue weighted by atomic mass is 9.97. The van der Waals surface area contributed by atoms with E-state index >= 15 is 0 Å². The largest absolute Gasteiger partial charge is 0.469 e. The Kier molecular flexibility index (Phi) is 6.47. The van der Waals surface area contributed by atoms with Crippen LogP contribution < -0.4 is 4.72 Å². The highest BCUT2D eigenvalue weighted by Crippen LogP contribution is 2.29. The van der Waals surface area contributed by atoms with E-state index in [1.807, 2.05) is 4.72 Å². The number of methoxy groups -OCH3 is 1. The Morgan fingerprint density at radius 2 is 1.79 bits per heavy atom. The predicted octanol–water partition coefficient (Wildman–Crippen LogP) is 2.17. The lowest BCUT2D eigenvalue weighted by molar-refractivity contribution is -0.177. The van der Waals surface area contributed by atoms with Gasteiger partial charge in [-0.05, 0) is 27.2 Å². The lowest BCUT2D eigenvalue weighted by Crippen LogP contribution is -2.53. The van der Waals surface area contributed by atoms with Crippen molar-refractivity contribution in [3.05, 3.63) is 0 Å². The molecular formula is C11H20F3NO3S. The third-order valence-electron chi connectivity index (χ3n) is 2.49. The normalized spacial score (nSPS) is 17.7. The number of ether oxygens (including phenoxy) is 1. The Morgan fingerprint density at radius 3 is 2.05 bits per heavy atom. The fourth-order valence-electron chi connectivity index (χ4n) is 1.36. The molecule has 0 amide bonds. The van der Waals surface area contributed by atoms with Gasteiger partial charge in [0.05, 0.1) is 28.8 Å². The Hall–Kier alpha value is -0.630. The smallest absolute Gasteiger partial charge is 0.405 e. The van der Waals surface area contributed by atoms with Crippen LogP contribution >= 0.6 is 0 Å². The third kappa shape index (κ3) is 5.48. The number of alkyl halides is 3. The fourth-order valence-corrected chi connectivity index (χ4v) is 2.24. The second-order valence-corrected chi connectivity index (χ2v) is 7.05. The average molecular weight is 303 g/mol. The number of hydrogen-bond donors (Lipinski definition) is 1. The van der Waals surface area contributed by atoms with E-state index in [-0.39, 0.29) is 6.42 Å². The molecule has 3 atom stereocenters. The van der Waals surface area contributed by atoms with Crippen molar-refractivity contribution in [2.75, 3.05) is 7.11 Å². The molecule has 0 fully saturated rings. The molecule has 0 aromatic heterocycles. The van der Waals surface area contributed by atoms with Crippen molar-refractivity contribution in [1.82, 2.24) is 4.72 Å². The lowest BCUT2D eigenvalue weighted by Gasteiger charge is -2.29. The van der Waals surface area contributed by atoms with Gasteiger partial charge in [0.25, 0.3) is 0 Å². The number of nitrogens with one attached hydrogen (secondary N) is 1. The standard InChI is InChI=1S/C11H20F3NO3S/c1-6-7(9(16)18-5)8(11(12,13)14)15-19(17)10(2,3)4/h7-8,15H,6H2,1-5H3/t7-,8-,19-/m0/s1. The van der Waals surface area contributed by atoms with Crippen LogP contribution in [0.5, 0.6) is 0 Å². The Balaban J connectivity index is 5.24. The summed E-state index contributed by atoms with van der Waals surface area (Å²) in [6.45, 7) is 6.08. The van der Waals surface area contributed by atoms with Gasteiger partial charge in [-0.3, -0.25) is 4.79 Å². The molecule has 0 rings (SSSR count). The highest BCUT2D eigenvalue weighted by Gasteiger charge is 2.48. The van der Waals surface area contributed by atoms with Crippen LogP contribution in [0.15, 0.2) is 0 Å². The summed E-state index contributed by atoms with van der Waals surface area (Å²) in [5.74, 6) is -2.39. The van der Waals surface area contributed by atoms with Crippen molar-refractivity contribution in [2.24, 2.45) is 5.92 Å². The van der Waals surface area contributed by atoms with Crippen molar-refractivity contribution in [2.45, 2.75) is 51.1 Å². The first kappa shape index (κ1) is 18.4. The van der Waals surface area contributed by atoms with Gasteiger partial charge in [0.2, 0.25) is 0 Å². The number of carbonyl (C=O) groups excluding carboxylic acids is 1. The van der Waals surface area contributed by atoms with Crippen LogP contribution in [0.3, 0.4) is 0 Å². The Morgan fingerprint density at radius 1 is 1.32 bits per heavy atom. The quantitative estimate of drug-likeness (QED) is 0.792. The molecule has 0 bridgehead atoms. The van der Waals surface area contributed by atoms with Crippen LogP contribution in [0, 0.1) is 5.92 Å². The van der Waals surface area contributed by atoms with Gasteiger partial charge in [-0.1, -0.05) is 6.92 Å². The molecule has 0 heterocycles. The first-order valence-corrected chi connectivity index (χ1v) is 6.92.